The Bertz CT molecular complexity index is 769. The highest BCUT2D eigenvalue weighted by molar-refractivity contribution is 6.21. The highest BCUT2D eigenvalue weighted by atomic mass is 35.5. The molecule has 9 nitrogen and oxygen atoms in total. The molecule has 4 heterocycles. The summed E-state index contributed by atoms with van der Waals surface area (Å²) in [6.07, 6.45) is 4.76. The first-order valence-electron chi connectivity index (χ1n) is 15.3. The van der Waals surface area contributed by atoms with Crippen molar-refractivity contribution in [2.24, 2.45) is 17.8 Å². The van der Waals surface area contributed by atoms with Gasteiger partial charge in [-0.2, -0.15) is 0 Å². The Morgan fingerprint density at radius 2 is 1.67 bits per heavy atom. The fourth-order valence-corrected chi connectivity index (χ4v) is 7.31. The minimum atomic E-state index is -0.974. The smallest absolute Gasteiger partial charge is 0.222 e. The molecule has 0 bridgehead atoms. The summed E-state index contributed by atoms with van der Waals surface area (Å²) in [6.45, 7) is 7.76. The largest absolute Gasteiger partial charge is 0.389 e. The van der Waals surface area contributed by atoms with E-state index in [-0.39, 0.29) is 29.6 Å². The molecule has 3 unspecified atom stereocenters. The van der Waals surface area contributed by atoms with E-state index >= 15 is 0 Å². The average molecular weight is 574 g/mol. The lowest BCUT2D eigenvalue weighted by Gasteiger charge is -2.42. The number of amides is 1. The minimum absolute atomic E-state index is 0.0260. The summed E-state index contributed by atoms with van der Waals surface area (Å²) in [5, 5.41) is 26.5. The predicted octanol–water partition coefficient (Wildman–Crippen LogP) is 0.972. The maximum Gasteiger partial charge on any atom is 0.222 e. The van der Waals surface area contributed by atoms with Crippen LogP contribution in [0.1, 0.15) is 51.4 Å². The average Bonchev–Trinajstić information content (AvgIpc) is 3.22. The van der Waals surface area contributed by atoms with E-state index in [9.17, 15) is 19.4 Å². The van der Waals surface area contributed by atoms with Crippen molar-refractivity contribution in [1.29, 1.82) is 0 Å². The molecule has 5 atom stereocenters. The van der Waals surface area contributed by atoms with Gasteiger partial charge in [-0.1, -0.05) is 0 Å². The molecule has 0 radical (unpaired) electrons. The van der Waals surface area contributed by atoms with Crippen molar-refractivity contribution >= 4 is 17.5 Å². The van der Waals surface area contributed by atoms with Crippen LogP contribution in [0.3, 0.4) is 0 Å². The predicted molar refractivity (Wildman–Crippen MR) is 148 cm³/mol. The molecule has 5 fully saturated rings. The first-order chi connectivity index (χ1) is 18.8. The van der Waals surface area contributed by atoms with E-state index in [0.717, 1.165) is 51.5 Å². The number of piperidine rings is 1. The Hall–Kier alpha value is -0.590. The molecule has 1 aliphatic carbocycles. The van der Waals surface area contributed by atoms with E-state index < -0.39 is 18.4 Å². The normalized spacial score (nSPS) is 37.7. The molecule has 0 aromatic carbocycles. The Morgan fingerprint density at radius 1 is 0.974 bits per heavy atom. The van der Waals surface area contributed by atoms with E-state index in [2.05, 4.69) is 20.4 Å². The van der Waals surface area contributed by atoms with Gasteiger partial charge in [0.2, 0.25) is 5.91 Å². The summed E-state index contributed by atoms with van der Waals surface area (Å²) in [5.41, 5.74) is 0. The highest BCUT2D eigenvalue weighted by Gasteiger charge is 2.38. The maximum atomic E-state index is 14.9. The monoisotopic (exact) mass is 573 g/mol. The Labute approximate surface area is 237 Å². The summed E-state index contributed by atoms with van der Waals surface area (Å²) >= 11 is 6.15. The van der Waals surface area contributed by atoms with Crippen molar-refractivity contribution in [1.82, 2.24) is 25.3 Å². The summed E-state index contributed by atoms with van der Waals surface area (Å²) in [5.74, 6) is 0.965. The van der Waals surface area contributed by atoms with Gasteiger partial charge in [0.1, 0.15) is 12.5 Å². The molecule has 0 aromatic heterocycles. The lowest BCUT2D eigenvalue weighted by atomic mass is 9.83. The molecule has 5 rings (SSSR count). The number of hydrogen-bond donors (Lipinski definition) is 4. The number of carbonyl (C=O) groups is 1. The van der Waals surface area contributed by atoms with Crippen LogP contribution >= 0.6 is 11.6 Å². The van der Waals surface area contributed by atoms with Gasteiger partial charge >= 0.3 is 0 Å². The quantitative estimate of drug-likeness (QED) is 0.227. The van der Waals surface area contributed by atoms with Gasteiger partial charge in [-0.05, 0) is 50.4 Å². The first kappa shape index (κ1) is 29.9. The summed E-state index contributed by atoms with van der Waals surface area (Å²) < 4.78 is 21.0. The fraction of sp³-hybridized carbons (Fsp3) is 0.964. The summed E-state index contributed by atoms with van der Waals surface area (Å²) in [4.78, 5) is 19.1. The number of nitrogens with one attached hydrogen (secondary N) is 2. The Balaban J connectivity index is 0.898. The van der Waals surface area contributed by atoms with E-state index in [1.165, 1.54) is 19.3 Å². The Morgan fingerprint density at radius 3 is 2.33 bits per heavy atom. The van der Waals surface area contributed by atoms with Crippen LogP contribution in [-0.2, 0) is 9.53 Å². The molecule has 39 heavy (non-hydrogen) atoms. The van der Waals surface area contributed by atoms with E-state index in [0.29, 0.717) is 58.0 Å². The standard InChI is InChI=1S/C28H49ClFN5O4/c29-22-12-31-28(32-13-22)34-7-5-19(6-8-34)2-1-9-39-23-4-3-21(24(30)11-23)10-27(38)35-15-20(16-35)14-33-17-25(36)26(37)18-33/h19-26,28,31-32,36-37H,1-18H2/t21?,22?,23?,24?,25-,26+,28?. The number of aliphatic hydroxyl groups is 2. The number of ether oxygens (including phenoxy) is 1. The van der Waals surface area contributed by atoms with E-state index in [4.69, 9.17) is 16.3 Å². The third kappa shape index (κ3) is 8.25. The van der Waals surface area contributed by atoms with Gasteiger partial charge in [-0.3, -0.25) is 25.2 Å². The third-order valence-electron chi connectivity index (χ3n) is 9.65. The molecular formula is C28H49ClFN5O4. The van der Waals surface area contributed by atoms with Gasteiger partial charge in [-0.15, -0.1) is 11.6 Å². The zero-order valence-electron chi connectivity index (χ0n) is 23.2. The topological polar surface area (TPSA) is 101 Å². The molecule has 4 aliphatic heterocycles. The van der Waals surface area contributed by atoms with Crippen molar-refractivity contribution in [3.8, 4) is 0 Å². The molecule has 0 spiro atoms. The number of carbonyl (C=O) groups excluding carboxylic acids is 1. The second-order valence-corrected chi connectivity index (χ2v) is 13.4. The lowest BCUT2D eigenvalue weighted by Crippen LogP contribution is -2.62. The molecule has 224 valence electrons. The number of aliphatic hydroxyl groups excluding tert-OH is 2. The van der Waals surface area contributed by atoms with Crippen molar-refractivity contribution < 1.29 is 24.1 Å². The van der Waals surface area contributed by atoms with Gasteiger partial charge in [-0.25, -0.2) is 4.39 Å². The molecule has 1 saturated carbocycles. The van der Waals surface area contributed by atoms with Crippen LogP contribution < -0.4 is 10.6 Å². The lowest BCUT2D eigenvalue weighted by molar-refractivity contribution is -0.140. The highest BCUT2D eigenvalue weighted by Crippen LogP contribution is 2.33. The molecule has 1 amide bonds. The van der Waals surface area contributed by atoms with Gasteiger partial charge in [0.05, 0.1) is 23.7 Å². The SMILES string of the molecule is O=C(CC1CCC(OCCCC2CCN(C3NCC(Cl)CN3)CC2)CC1F)N1CC(CN2C[C@@H](O)[C@@H](O)C2)C1. The zero-order valence-corrected chi connectivity index (χ0v) is 24.0. The maximum absolute atomic E-state index is 14.9. The number of nitrogens with zero attached hydrogens (tertiary/aromatic N) is 3. The van der Waals surface area contributed by atoms with Crippen molar-refractivity contribution in [3.63, 3.8) is 0 Å². The van der Waals surface area contributed by atoms with Crippen molar-refractivity contribution in [2.75, 3.05) is 65.5 Å². The molecular weight excluding hydrogens is 525 g/mol. The van der Waals surface area contributed by atoms with Crippen LogP contribution in [0.2, 0.25) is 0 Å². The van der Waals surface area contributed by atoms with E-state index in [1.54, 1.807) is 0 Å². The van der Waals surface area contributed by atoms with Crippen molar-refractivity contribution in [3.05, 3.63) is 0 Å². The van der Waals surface area contributed by atoms with Crippen LogP contribution in [0.4, 0.5) is 4.39 Å². The van der Waals surface area contributed by atoms with Crippen LogP contribution in [-0.4, -0.2) is 132 Å². The molecule has 4 saturated heterocycles. The van der Waals surface area contributed by atoms with Gasteiger partial charge in [0, 0.05) is 84.3 Å². The first-order valence-corrected chi connectivity index (χ1v) is 15.7. The second kappa shape index (κ2) is 14.1. The number of hydrogen-bond acceptors (Lipinski definition) is 8. The number of alkyl halides is 2. The zero-order chi connectivity index (χ0) is 27.4. The van der Waals surface area contributed by atoms with Gasteiger partial charge in [0.15, 0.2) is 0 Å². The van der Waals surface area contributed by atoms with Crippen LogP contribution in [0.5, 0.6) is 0 Å². The molecule has 11 heteroatoms. The number of likely N-dealkylation sites (tertiary alicyclic amines) is 3. The Kier molecular flexibility index (Phi) is 10.8. The van der Waals surface area contributed by atoms with E-state index in [1.807, 2.05) is 4.90 Å². The molecule has 4 N–H and O–H groups in total. The number of rotatable bonds is 10. The van der Waals surface area contributed by atoms with Crippen LogP contribution in [0.15, 0.2) is 0 Å². The fourth-order valence-electron chi connectivity index (χ4n) is 7.13. The van der Waals surface area contributed by atoms with Crippen molar-refractivity contribution in [2.45, 2.75) is 87.5 Å². The molecule has 0 aromatic rings. The van der Waals surface area contributed by atoms with Crippen LogP contribution in [0.25, 0.3) is 0 Å². The second-order valence-electron chi connectivity index (χ2n) is 12.7. The number of β-amino-alcohol motifs (C(OH)–C–C–N with tert-alkyl or cyclic N) is 2. The molecule has 5 aliphatic rings. The third-order valence-corrected chi connectivity index (χ3v) is 9.96. The number of halogens is 2. The van der Waals surface area contributed by atoms with Crippen LogP contribution in [0, 0.1) is 17.8 Å². The summed E-state index contributed by atoms with van der Waals surface area (Å²) in [6, 6.07) is 0. The van der Waals surface area contributed by atoms with Gasteiger partial charge < -0.3 is 19.8 Å². The summed E-state index contributed by atoms with van der Waals surface area (Å²) in [7, 11) is 0. The minimum Gasteiger partial charge on any atom is -0.389 e. The van der Waals surface area contributed by atoms with Gasteiger partial charge in [0.25, 0.3) is 0 Å².